The van der Waals surface area contributed by atoms with Gasteiger partial charge in [-0.15, -0.1) is 0 Å². The molecule has 2 fully saturated rings. The molecular weight excluding hydrogens is 234 g/mol. The Balaban J connectivity index is 1.69. The first-order valence-electron chi connectivity index (χ1n) is 8.07. The molecule has 2 rings (SSSR count). The third-order valence-electron chi connectivity index (χ3n) is 4.39. The zero-order valence-corrected chi connectivity index (χ0v) is 12.6. The molecule has 2 aliphatic rings. The van der Waals surface area contributed by atoms with E-state index in [9.17, 15) is 5.26 Å². The van der Waals surface area contributed by atoms with Gasteiger partial charge in [-0.25, -0.2) is 0 Å². The standard InChI is InChI=1S/C16H29N3/c1-3-10-18-16(2,13-17)9-4-11-19(15-7-8-15)12-14-5-6-14/h14-15,18H,3-12H2,1-2H3. The third-order valence-corrected chi connectivity index (χ3v) is 4.39. The van der Waals surface area contributed by atoms with E-state index < -0.39 is 0 Å². The van der Waals surface area contributed by atoms with Gasteiger partial charge in [-0.3, -0.25) is 5.32 Å². The highest BCUT2D eigenvalue weighted by atomic mass is 15.2. The van der Waals surface area contributed by atoms with Crippen LogP contribution in [0.1, 0.15) is 58.8 Å². The fourth-order valence-electron chi connectivity index (χ4n) is 2.72. The van der Waals surface area contributed by atoms with Gasteiger partial charge in [-0.1, -0.05) is 6.92 Å². The Hall–Kier alpha value is -0.590. The fourth-order valence-corrected chi connectivity index (χ4v) is 2.72. The van der Waals surface area contributed by atoms with Crippen molar-refractivity contribution in [3.05, 3.63) is 0 Å². The zero-order valence-electron chi connectivity index (χ0n) is 12.6. The first kappa shape index (κ1) is 14.8. The van der Waals surface area contributed by atoms with Crippen LogP contribution in [0.25, 0.3) is 0 Å². The number of rotatable bonds is 10. The van der Waals surface area contributed by atoms with Crippen molar-refractivity contribution >= 4 is 0 Å². The maximum absolute atomic E-state index is 9.33. The lowest BCUT2D eigenvalue weighted by Gasteiger charge is -2.26. The molecule has 0 aromatic heterocycles. The number of hydrogen-bond donors (Lipinski definition) is 1. The first-order chi connectivity index (χ1) is 9.17. The minimum Gasteiger partial charge on any atom is -0.300 e. The van der Waals surface area contributed by atoms with Crippen LogP contribution in [0.3, 0.4) is 0 Å². The Morgan fingerprint density at radius 2 is 2.05 bits per heavy atom. The molecule has 0 amide bonds. The summed E-state index contributed by atoms with van der Waals surface area (Å²) in [6.45, 7) is 7.64. The molecule has 0 saturated heterocycles. The van der Waals surface area contributed by atoms with E-state index in [1.807, 2.05) is 6.92 Å². The van der Waals surface area contributed by atoms with Crippen LogP contribution in [0.15, 0.2) is 0 Å². The number of hydrogen-bond acceptors (Lipinski definition) is 3. The van der Waals surface area contributed by atoms with Crippen LogP contribution < -0.4 is 5.32 Å². The average molecular weight is 263 g/mol. The van der Waals surface area contributed by atoms with Crippen molar-refractivity contribution in [1.82, 2.24) is 10.2 Å². The summed E-state index contributed by atoms with van der Waals surface area (Å²) in [7, 11) is 0. The molecule has 0 bridgehead atoms. The van der Waals surface area contributed by atoms with Crippen LogP contribution >= 0.6 is 0 Å². The Kier molecular flexibility index (Phi) is 5.24. The summed E-state index contributed by atoms with van der Waals surface area (Å²) in [6.07, 6.45) is 8.88. The Morgan fingerprint density at radius 1 is 1.32 bits per heavy atom. The van der Waals surface area contributed by atoms with Gasteiger partial charge >= 0.3 is 0 Å². The van der Waals surface area contributed by atoms with E-state index in [4.69, 9.17) is 0 Å². The Bertz CT molecular complexity index is 314. The van der Waals surface area contributed by atoms with Crippen molar-refractivity contribution in [2.45, 2.75) is 70.4 Å². The lowest BCUT2D eigenvalue weighted by molar-refractivity contribution is 0.238. The van der Waals surface area contributed by atoms with Gasteiger partial charge in [-0.2, -0.15) is 5.26 Å². The van der Waals surface area contributed by atoms with Crippen LogP contribution in [0.2, 0.25) is 0 Å². The van der Waals surface area contributed by atoms with Gasteiger partial charge in [0.1, 0.15) is 5.54 Å². The van der Waals surface area contributed by atoms with Crippen LogP contribution in [0, 0.1) is 17.2 Å². The molecule has 3 heteroatoms. The molecule has 1 N–H and O–H groups in total. The van der Waals surface area contributed by atoms with Crippen molar-refractivity contribution in [3.63, 3.8) is 0 Å². The molecule has 0 aliphatic heterocycles. The monoisotopic (exact) mass is 263 g/mol. The summed E-state index contributed by atoms with van der Waals surface area (Å²) in [6, 6.07) is 3.33. The fraction of sp³-hybridized carbons (Fsp3) is 0.938. The van der Waals surface area contributed by atoms with E-state index in [2.05, 4.69) is 23.2 Å². The van der Waals surface area contributed by atoms with Gasteiger partial charge < -0.3 is 4.90 Å². The molecule has 2 aliphatic carbocycles. The maximum Gasteiger partial charge on any atom is 0.103 e. The Morgan fingerprint density at radius 3 is 2.58 bits per heavy atom. The minimum atomic E-state index is -0.329. The molecule has 0 aromatic carbocycles. The molecule has 0 radical (unpaired) electrons. The molecule has 19 heavy (non-hydrogen) atoms. The number of nitrogens with zero attached hydrogens (tertiary/aromatic N) is 2. The van der Waals surface area contributed by atoms with Crippen molar-refractivity contribution in [1.29, 1.82) is 5.26 Å². The highest BCUT2D eigenvalue weighted by molar-refractivity contribution is 5.03. The number of nitrogens with one attached hydrogen (secondary N) is 1. The van der Waals surface area contributed by atoms with Gasteiger partial charge in [0, 0.05) is 12.6 Å². The van der Waals surface area contributed by atoms with E-state index in [-0.39, 0.29) is 5.54 Å². The lowest BCUT2D eigenvalue weighted by atomic mass is 9.97. The number of nitriles is 1. The predicted molar refractivity (Wildman–Crippen MR) is 78.9 cm³/mol. The summed E-state index contributed by atoms with van der Waals surface area (Å²) in [4.78, 5) is 2.69. The van der Waals surface area contributed by atoms with Crippen molar-refractivity contribution in [2.24, 2.45) is 5.92 Å². The quantitative estimate of drug-likeness (QED) is 0.658. The summed E-state index contributed by atoms with van der Waals surface area (Å²) < 4.78 is 0. The van der Waals surface area contributed by atoms with Crippen LogP contribution in [-0.4, -0.2) is 36.1 Å². The van der Waals surface area contributed by atoms with Crippen molar-refractivity contribution < 1.29 is 0 Å². The van der Waals surface area contributed by atoms with Gasteiger partial charge in [0.25, 0.3) is 0 Å². The normalized spacial score (nSPS) is 22.2. The molecule has 0 aromatic rings. The van der Waals surface area contributed by atoms with Gasteiger partial charge in [0.05, 0.1) is 6.07 Å². The highest BCUT2D eigenvalue weighted by Gasteiger charge is 2.33. The Labute approximate surface area is 118 Å². The molecule has 3 nitrogen and oxygen atoms in total. The molecule has 2 saturated carbocycles. The van der Waals surface area contributed by atoms with Gasteiger partial charge in [0.15, 0.2) is 0 Å². The summed E-state index contributed by atoms with van der Waals surface area (Å²) >= 11 is 0. The van der Waals surface area contributed by atoms with E-state index in [0.717, 1.165) is 37.8 Å². The first-order valence-corrected chi connectivity index (χ1v) is 8.07. The van der Waals surface area contributed by atoms with E-state index >= 15 is 0 Å². The summed E-state index contributed by atoms with van der Waals surface area (Å²) in [5, 5.41) is 12.7. The summed E-state index contributed by atoms with van der Waals surface area (Å²) in [5.41, 5.74) is -0.329. The SMILES string of the molecule is CCCNC(C)(C#N)CCCN(CC1CC1)C1CC1. The van der Waals surface area contributed by atoms with E-state index in [1.165, 1.54) is 38.8 Å². The predicted octanol–water partition coefficient (Wildman–Crippen LogP) is 2.92. The van der Waals surface area contributed by atoms with E-state index in [1.54, 1.807) is 0 Å². The highest BCUT2D eigenvalue weighted by Crippen LogP contribution is 2.35. The minimum absolute atomic E-state index is 0.329. The molecule has 108 valence electrons. The lowest BCUT2D eigenvalue weighted by Crippen LogP contribution is -2.42. The van der Waals surface area contributed by atoms with Crippen LogP contribution in [0.5, 0.6) is 0 Å². The average Bonchev–Trinajstić information content (AvgIpc) is 3.28. The molecule has 0 spiro atoms. The second-order valence-corrected chi connectivity index (χ2v) is 6.64. The second kappa shape index (κ2) is 6.72. The largest absolute Gasteiger partial charge is 0.300 e. The smallest absolute Gasteiger partial charge is 0.103 e. The van der Waals surface area contributed by atoms with Gasteiger partial charge in [-0.05, 0) is 70.9 Å². The third kappa shape index (κ3) is 5.12. The topological polar surface area (TPSA) is 39.1 Å². The second-order valence-electron chi connectivity index (χ2n) is 6.64. The maximum atomic E-state index is 9.33. The van der Waals surface area contributed by atoms with Crippen molar-refractivity contribution in [3.8, 4) is 6.07 Å². The summed E-state index contributed by atoms with van der Waals surface area (Å²) in [5.74, 6) is 0.987. The molecule has 0 heterocycles. The molecular formula is C16H29N3. The zero-order chi connectivity index (χ0) is 13.7. The van der Waals surface area contributed by atoms with Crippen molar-refractivity contribution in [2.75, 3.05) is 19.6 Å². The molecule has 1 atom stereocenters. The van der Waals surface area contributed by atoms with Crippen LogP contribution in [-0.2, 0) is 0 Å². The van der Waals surface area contributed by atoms with E-state index in [0.29, 0.717) is 0 Å². The van der Waals surface area contributed by atoms with Gasteiger partial charge in [0.2, 0.25) is 0 Å². The molecule has 1 unspecified atom stereocenters. The van der Waals surface area contributed by atoms with Crippen LogP contribution in [0.4, 0.5) is 0 Å².